The zero-order valence-corrected chi connectivity index (χ0v) is 12.2. The van der Waals surface area contributed by atoms with Gasteiger partial charge in [-0.25, -0.2) is 8.78 Å². The third-order valence-corrected chi connectivity index (χ3v) is 3.31. The first-order valence-corrected chi connectivity index (χ1v) is 6.51. The van der Waals surface area contributed by atoms with Gasteiger partial charge in [0.15, 0.2) is 11.5 Å². The van der Waals surface area contributed by atoms with E-state index < -0.39 is 11.6 Å². The van der Waals surface area contributed by atoms with Gasteiger partial charge in [-0.1, -0.05) is 0 Å². The third-order valence-electron chi connectivity index (χ3n) is 2.70. The molecule has 0 saturated heterocycles. The van der Waals surface area contributed by atoms with Gasteiger partial charge >= 0.3 is 0 Å². The zero-order chi connectivity index (χ0) is 14.7. The number of nitrogens with two attached hydrogens (primary N) is 1. The van der Waals surface area contributed by atoms with Crippen molar-refractivity contribution in [3.63, 3.8) is 0 Å². The van der Waals surface area contributed by atoms with Crippen LogP contribution in [0.4, 0.5) is 14.5 Å². The molecular weight excluding hydrogens is 332 g/mol. The van der Waals surface area contributed by atoms with Crippen molar-refractivity contribution in [1.82, 2.24) is 0 Å². The van der Waals surface area contributed by atoms with Crippen LogP contribution in [0.5, 0.6) is 11.5 Å². The minimum Gasteiger partial charge on any atom is -0.493 e. The molecule has 0 bridgehead atoms. The van der Waals surface area contributed by atoms with Gasteiger partial charge in [0.1, 0.15) is 18.2 Å². The Bertz CT molecular complexity index is 635. The average molecular weight is 344 g/mol. The maximum Gasteiger partial charge on any atom is 0.162 e. The molecular formula is C14H12BrF2NO2. The van der Waals surface area contributed by atoms with Crippen molar-refractivity contribution in [3.8, 4) is 11.5 Å². The zero-order valence-electron chi connectivity index (χ0n) is 10.6. The molecule has 0 heterocycles. The Kier molecular flexibility index (Phi) is 4.44. The van der Waals surface area contributed by atoms with Gasteiger partial charge in [-0.2, -0.15) is 0 Å². The lowest BCUT2D eigenvalue weighted by Crippen LogP contribution is -2.04. The Morgan fingerprint density at radius 2 is 1.90 bits per heavy atom. The number of benzene rings is 2. The van der Waals surface area contributed by atoms with Crippen molar-refractivity contribution in [1.29, 1.82) is 0 Å². The van der Waals surface area contributed by atoms with E-state index in [-0.39, 0.29) is 16.6 Å². The lowest BCUT2D eigenvalue weighted by Gasteiger charge is -2.12. The van der Waals surface area contributed by atoms with E-state index in [9.17, 15) is 8.78 Å². The third kappa shape index (κ3) is 3.01. The fourth-order valence-corrected chi connectivity index (χ4v) is 2.03. The van der Waals surface area contributed by atoms with Crippen LogP contribution in [0, 0.1) is 11.6 Å². The molecule has 3 nitrogen and oxygen atoms in total. The van der Waals surface area contributed by atoms with Crippen molar-refractivity contribution in [2.24, 2.45) is 0 Å². The van der Waals surface area contributed by atoms with Gasteiger partial charge in [-0.15, -0.1) is 0 Å². The second-order valence-electron chi connectivity index (χ2n) is 4.02. The standard InChI is InChI=1S/C14H12BrF2NO2/c1-19-13-6-8(18)2-5-12(13)20-7-9-11(16)4-3-10(15)14(9)17/h2-6H,7,18H2,1H3. The molecule has 0 radical (unpaired) electrons. The number of rotatable bonds is 4. The highest BCUT2D eigenvalue weighted by molar-refractivity contribution is 9.10. The van der Waals surface area contributed by atoms with Crippen LogP contribution in [-0.4, -0.2) is 7.11 Å². The summed E-state index contributed by atoms with van der Waals surface area (Å²) in [7, 11) is 1.46. The Balaban J connectivity index is 2.23. The Morgan fingerprint density at radius 3 is 2.60 bits per heavy atom. The minimum absolute atomic E-state index is 0.154. The molecule has 2 N–H and O–H groups in total. The monoisotopic (exact) mass is 343 g/mol. The summed E-state index contributed by atoms with van der Waals surface area (Å²) in [6.45, 7) is -0.253. The summed E-state index contributed by atoms with van der Waals surface area (Å²) in [5, 5.41) is 0. The quantitative estimate of drug-likeness (QED) is 0.676. The van der Waals surface area contributed by atoms with E-state index in [4.69, 9.17) is 15.2 Å². The predicted octanol–water partition coefficient (Wildman–Crippen LogP) is 3.90. The molecule has 0 unspecified atom stereocenters. The van der Waals surface area contributed by atoms with E-state index in [2.05, 4.69) is 15.9 Å². The molecule has 0 aromatic heterocycles. The Morgan fingerprint density at radius 1 is 1.15 bits per heavy atom. The van der Waals surface area contributed by atoms with E-state index in [0.717, 1.165) is 0 Å². The van der Waals surface area contributed by atoms with E-state index in [1.807, 2.05) is 0 Å². The van der Waals surface area contributed by atoms with E-state index in [1.165, 1.54) is 19.2 Å². The minimum atomic E-state index is -0.681. The molecule has 0 fully saturated rings. The second-order valence-corrected chi connectivity index (χ2v) is 4.88. The Labute approximate surface area is 123 Å². The first kappa shape index (κ1) is 14.6. The van der Waals surface area contributed by atoms with Crippen LogP contribution in [0.1, 0.15) is 5.56 Å². The van der Waals surface area contributed by atoms with Gasteiger partial charge in [-0.3, -0.25) is 0 Å². The summed E-state index contributed by atoms with van der Waals surface area (Å²) in [4.78, 5) is 0. The molecule has 0 saturated carbocycles. The van der Waals surface area contributed by atoms with Crippen LogP contribution in [0.3, 0.4) is 0 Å². The van der Waals surface area contributed by atoms with Crippen LogP contribution in [-0.2, 0) is 6.61 Å². The number of anilines is 1. The SMILES string of the molecule is COc1cc(N)ccc1OCc1c(F)ccc(Br)c1F. The predicted molar refractivity (Wildman–Crippen MR) is 75.8 cm³/mol. The van der Waals surface area contributed by atoms with Crippen LogP contribution < -0.4 is 15.2 Å². The van der Waals surface area contributed by atoms with Gasteiger partial charge < -0.3 is 15.2 Å². The number of ether oxygens (including phenoxy) is 2. The van der Waals surface area contributed by atoms with Gasteiger partial charge in [0.05, 0.1) is 17.1 Å². The number of hydrogen-bond acceptors (Lipinski definition) is 3. The summed E-state index contributed by atoms with van der Waals surface area (Å²) >= 11 is 3.01. The molecule has 2 rings (SSSR count). The van der Waals surface area contributed by atoms with Crippen molar-refractivity contribution in [2.45, 2.75) is 6.61 Å². The highest BCUT2D eigenvalue weighted by Crippen LogP contribution is 2.30. The van der Waals surface area contributed by atoms with Crippen molar-refractivity contribution in [3.05, 3.63) is 52.0 Å². The maximum atomic E-state index is 13.8. The highest BCUT2D eigenvalue weighted by atomic mass is 79.9. The summed E-state index contributed by atoms with van der Waals surface area (Å²) in [5.41, 5.74) is 5.97. The van der Waals surface area contributed by atoms with Gasteiger partial charge in [-0.05, 0) is 40.2 Å². The Hall–Kier alpha value is -1.82. The summed E-state index contributed by atoms with van der Waals surface area (Å²) in [6, 6.07) is 7.25. The molecule has 0 aliphatic rings. The molecule has 0 amide bonds. The van der Waals surface area contributed by atoms with Crippen molar-refractivity contribution < 1.29 is 18.3 Å². The molecule has 0 atom stereocenters. The molecule has 2 aromatic rings. The second kappa shape index (κ2) is 6.09. The van der Waals surface area contributed by atoms with Gasteiger partial charge in [0.2, 0.25) is 0 Å². The largest absolute Gasteiger partial charge is 0.493 e. The summed E-state index contributed by atoms with van der Waals surface area (Å²) < 4.78 is 38.1. The molecule has 20 heavy (non-hydrogen) atoms. The molecule has 0 aliphatic carbocycles. The molecule has 0 aliphatic heterocycles. The number of hydrogen-bond donors (Lipinski definition) is 1. The molecule has 106 valence electrons. The van der Waals surface area contributed by atoms with E-state index in [0.29, 0.717) is 17.2 Å². The first-order valence-electron chi connectivity index (χ1n) is 5.71. The molecule has 2 aromatic carbocycles. The number of halogens is 3. The molecule has 6 heteroatoms. The smallest absolute Gasteiger partial charge is 0.162 e. The van der Waals surface area contributed by atoms with E-state index >= 15 is 0 Å². The van der Waals surface area contributed by atoms with Crippen LogP contribution in [0.2, 0.25) is 0 Å². The fraction of sp³-hybridized carbons (Fsp3) is 0.143. The number of nitrogen functional groups attached to an aromatic ring is 1. The first-order chi connectivity index (χ1) is 9.52. The number of methoxy groups -OCH3 is 1. The summed E-state index contributed by atoms with van der Waals surface area (Å²) in [6.07, 6.45) is 0. The van der Waals surface area contributed by atoms with Crippen LogP contribution >= 0.6 is 15.9 Å². The lowest BCUT2D eigenvalue weighted by molar-refractivity contribution is 0.274. The summed E-state index contributed by atoms with van der Waals surface area (Å²) in [5.74, 6) is -0.583. The molecule has 0 spiro atoms. The normalized spacial score (nSPS) is 10.4. The van der Waals surface area contributed by atoms with E-state index in [1.54, 1.807) is 18.2 Å². The topological polar surface area (TPSA) is 44.5 Å². The maximum absolute atomic E-state index is 13.8. The lowest BCUT2D eigenvalue weighted by atomic mass is 10.2. The van der Waals surface area contributed by atoms with Crippen LogP contribution in [0.25, 0.3) is 0 Å². The fourth-order valence-electron chi connectivity index (χ4n) is 1.65. The highest BCUT2D eigenvalue weighted by Gasteiger charge is 2.14. The van der Waals surface area contributed by atoms with Crippen LogP contribution in [0.15, 0.2) is 34.8 Å². The average Bonchev–Trinajstić information content (AvgIpc) is 2.44. The van der Waals surface area contributed by atoms with Crippen molar-refractivity contribution >= 4 is 21.6 Å². The van der Waals surface area contributed by atoms with Gasteiger partial charge in [0, 0.05) is 11.8 Å². The van der Waals surface area contributed by atoms with Gasteiger partial charge in [0.25, 0.3) is 0 Å². The van der Waals surface area contributed by atoms with Crippen molar-refractivity contribution in [2.75, 3.05) is 12.8 Å².